The molecule has 0 spiro atoms. The average molecular weight is 281 g/mol. The summed E-state index contributed by atoms with van der Waals surface area (Å²) in [6.07, 6.45) is 1.77. The maximum Gasteiger partial charge on any atom is 0.273 e. The highest BCUT2D eigenvalue weighted by Crippen LogP contribution is 2.34. The van der Waals surface area contributed by atoms with Crippen molar-refractivity contribution in [3.8, 4) is 5.75 Å². The SMILES string of the molecule is COCCCCOc1cc([N+](=O)[O-])ccc1C(C)(C)C. The zero-order chi connectivity index (χ0) is 15.2. The number of rotatable bonds is 7. The van der Waals surface area contributed by atoms with Crippen LogP contribution < -0.4 is 4.74 Å². The van der Waals surface area contributed by atoms with E-state index in [0.717, 1.165) is 18.4 Å². The Balaban J connectivity index is 2.83. The molecule has 0 atom stereocenters. The minimum Gasteiger partial charge on any atom is -0.493 e. The van der Waals surface area contributed by atoms with Gasteiger partial charge in [0.1, 0.15) is 5.75 Å². The molecule has 0 saturated carbocycles. The molecule has 0 amide bonds. The summed E-state index contributed by atoms with van der Waals surface area (Å²) < 4.78 is 10.7. The predicted octanol–water partition coefficient (Wildman–Crippen LogP) is 3.70. The zero-order valence-electron chi connectivity index (χ0n) is 12.6. The van der Waals surface area contributed by atoms with Gasteiger partial charge >= 0.3 is 0 Å². The average Bonchev–Trinajstić information content (AvgIpc) is 2.37. The molecule has 0 radical (unpaired) electrons. The number of methoxy groups -OCH3 is 1. The summed E-state index contributed by atoms with van der Waals surface area (Å²) in [5.41, 5.74) is 0.927. The van der Waals surface area contributed by atoms with Crippen LogP contribution in [-0.2, 0) is 10.2 Å². The number of unbranched alkanes of at least 4 members (excludes halogenated alkanes) is 1. The second kappa shape index (κ2) is 7.24. The number of hydrogen-bond acceptors (Lipinski definition) is 4. The van der Waals surface area contributed by atoms with E-state index in [9.17, 15) is 10.1 Å². The van der Waals surface area contributed by atoms with E-state index < -0.39 is 4.92 Å². The number of hydrogen-bond donors (Lipinski definition) is 0. The Bertz CT molecular complexity index is 452. The molecule has 0 aromatic heterocycles. The van der Waals surface area contributed by atoms with Crippen molar-refractivity contribution in [1.82, 2.24) is 0 Å². The van der Waals surface area contributed by atoms with E-state index in [1.807, 2.05) is 0 Å². The van der Waals surface area contributed by atoms with Crippen molar-refractivity contribution in [1.29, 1.82) is 0 Å². The normalized spacial score (nSPS) is 11.4. The quantitative estimate of drug-likeness (QED) is 0.434. The molecular formula is C15H23NO4. The first-order valence-electron chi connectivity index (χ1n) is 6.77. The van der Waals surface area contributed by atoms with Gasteiger partial charge in [-0.25, -0.2) is 0 Å². The number of nitro groups is 1. The van der Waals surface area contributed by atoms with Crippen LogP contribution in [0.5, 0.6) is 5.75 Å². The Labute approximate surface area is 120 Å². The van der Waals surface area contributed by atoms with Gasteiger partial charge in [0.05, 0.1) is 17.6 Å². The number of nitrogens with zero attached hydrogens (tertiary/aromatic N) is 1. The van der Waals surface area contributed by atoms with E-state index in [0.29, 0.717) is 19.0 Å². The third-order valence-electron chi connectivity index (χ3n) is 2.98. The van der Waals surface area contributed by atoms with Gasteiger partial charge in [0.2, 0.25) is 0 Å². The van der Waals surface area contributed by atoms with Gasteiger partial charge in [-0.15, -0.1) is 0 Å². The van der Waals surface area contributed by atoms with Crippen LogP contribution in [0.1, 0.15) is 39.2 Å². The van der Waals surface area contributed by atoms with Crippen LogP contribution >= 0.6 is 0 Å². The summed E-state index contributed by atoms with van der Waals surface area (Å²) in [5, 5.41) is 10.9. The van der Waals surface area contributed by atoms with Gasteiger partial charge in [0, 0.05) is 19.8 Å². The molecule has 112 valence electrons. The van der Waals surface area contributed by atoms with Crippen LogP contribution in [0.4, 0.5) is 5.69 Å². The first kappa shape index (κ1) is 16.4. The second-order valence-corrected chi connectivity index (χ2v) is 5.74. The minimum absolute atomic E-state index is 0.0601. The number of nitro benzene ring substituents is 1. The fourth-order valence-electron chi connectivity index (χ4n) is 1.89. The summed E-state index contributed by atoms with van der Waals surface area (Å²) in [4.78, 5) is 10.5. The monoisotopic (exact) mass is 281 g/mol. The Hall–Kier alpha value is -1.62. The second-order valence-electron chi connectivity index (χ2n) is 5.74. The van der Waals surface area contributed by atoms with E-state index in [-0.39, 0.29) is 11.1 Å². The fourth-order valence-corrected chi connectivity index (χ4v) is 1.89. The third-order valence-corrected chi connectivity index (χ3v) is 2.98. The smallest absolute Gasteiger partial charge is 0.273 e. The molecule has 1 rings (SSSR count). The Morgan fingerprint density at radius 1 is 1.20 bits per heavy atom. The molecule has 5 nitrogen and oxygen atoms in total. The van der Waals surface area contributed by atoms with E-state index in [1.54, 1.807) is 13.2 Å². The lowest BCUT2D eigenvalue weighted by Crippen LogP contribution is -2.14. The van der Waals surface area contributed by atoms with Crippen LogP contribution in [0.2, 0.25) is 0 Å². The highest BCUT2D eigenvalue weighted by atomic mass is 16.6. The Morgan fingerprint density at radius 3 is 2.40 bits per heavy atom. The maximum absolute atomic E-state index is 10.9. The molecule has 1 aromatic rings. The van der Waals surface area contributed by atoms with Crippen molar-refractivity contribution in [3.05, 3.63) is 33.9 Å². The van der Waals surface area contributed by atoms with Crippen LogP contribution in [-0.4, -0.2) is 25.2 Å². The summed E-state index contributed by atoms with van der Waals surface area (Å²) in [6.45, 7) is 7.42. The van der Waals surface area contributed by atoms with Gasteiger partial charge < -0.3 is 9.47 Å². The van der Waals surface area contributed by atoms with E-state index >= 15 is 0 Å². The molecule has 20 heavy (non-hydrogen) atoms. The first-order valence-corrected chi connectivity index (χ1v) is 6.77. The number of non-ortho nitro benzene ring substituents is 1. The van der Waals surface area contributed by atoms with Crippen molar-refractivity contribution in [2.45, 2.75) is 39.0 Å². The minimum atomic E-state index is -0.399. The number of benzene rings is 1. The largest absolute Gasteiger partial charge is 0.493 e. The molecule has 0 saturated heterocycles. The molecule has 0 fully saturated rings. The van der Waals surface area contributed by atoms with Gasteiger partial charge in [-0.1, -0.05) is 20.8 Å². The highest BCUT2D eigenvalue weighted by molar-refractivity contribution is 5.47. The number of ether oxygens (including phenoxy) is 2. The standard InChI is InChI=1S/C15H23NO4/c1-15(2,3)13-8-7-12(16(17)18)11-14(13)20-10-6-5-9-19-4/h7-8,11H,5-6,9-10H2,1-4H3. The van der Waals surface area contributed by atoms with E-state index in [4.69, 9.17) is 9.47 Å². The Morgan fingerprint density at radius 2 is 1.85 bits per heavy atom. The third kappa shape index (κ3) is 4.81. The molecule has 0 heterocycles. The van der Waals surface area contributed by atoms with E-state index in [2.05, 4.69) is 20.8 Å². The predicted molar refractivity (Wildman–Crippen MR) is 78.4 cm³/mol. The molecular weight excluding hydrogens is 258 g/mol. The first-order chi connectivity index (χ1) is 9.36. The molecule has 0 aliphatic rings. The zero-order valence-corrected chi connectivity index (χ0v) is 12.6. The lowest BCUT2D eigenvalue weighted by Gasteiger charge is -2.22. The summed E-state index contributed by atoms with van der Waals surface area (Å²) in [7, 11) is 1.67. The van der Waals surface area contributed by atoms with Crippen molar-refractivity contribution < 1.29 is 14.4 Å². The molecule has 0 unspecified atom stereocenters. The van der Waals surface area contributed by atoms with Crippen molar-refractivity contribution in [2.75, 3.05) is 20.3 Å². The molecule has 1 aromatic carbocycles. The topological polar surface area (TPSA) is 61.6 Å². The Kier molecular flexibility index (Phi) is 5.95. The van der Waals surface area contributed by atoms with Crippen LogP contribution in [0.3, 0.4) is 0 Å². The molecule has 0 aliphatic heterocycles. The molecule has 0 N–H and O–H groups in total. The van der Waals surface area contributed by atoms with Gasteiger partial charge in [0.15, 0.2) is 0 Å². The van der Waals surface area contributed by atoms with Gasteiger partial charge in [-0.2, -0.15) is 0 Å². The lowest BCUT2D eigenvalue weighted by molar-refractivity contribution is -0.385. The van der Waals surface area contributed by atoms with Crippen molar-refractivity contribution in [2.24, 2.45) is 0 Å². The van der Waals surface area contributed by atoms with Gasteiger partial charge in [0.25, 0.3) is 5.69 Å². The molecule has 5 heteroatoms. The fraction of sp³-hybridized carbons (Fsp3) is 0.600. The van der Waals surface area contributed by atoms with Crippen LogP contribution in [0.15, 0.2) is 18.2 Å². The summed E-state index contributed by atoms with van der Waals surface area (Å²) in [6, 6.07) is 4.82. The van der Waals surface area contributed by atoms with Crippen molar-refractivity contribution >= 4 is 5.69 Å². The van der Waals surface area contributed by atoms with Gasteiger partial charge in [-0.05, 0) is 29.9 Å². The van der Waals surface area contributed by atoms with Gasteiger partial charge in [-0.3, -0.25) is 10.1 Å². The van der Waals surface area contributed by atoms with E-state index in [1.165, 1.54) is 12.1 Å². The maximum atomic E-state index is 10.9. The van der Waals surface area contributed by atoms with Crippen LogP contribution in [0, 0.1) is 10.1 Å². The summed E-state index contributed by atoms with van der Waals surface area (Å²) in [5.74, 6) is 0.601. The molecule has 0 bridgehead atoms. The van der Waals surface area contributed by atoms with Crippen LogP contribution in [0.25, 0.3) is 0 Å². The highest BCUT2D eigenvalue weighted by Gasteiger charge is 2.21. The lowest BCUT2D eigenvalue weighted by atomic mass is 9.86. The summed E-state index contributed by atoms with van der Waals surface area (Å²) >= 11 is 0. The molecule has 0 aliphatic carbocycles. The van der Waals surface area contributed by atoms with Crippen molar-refractivity contribution in [3.63, 3.8) is 0 Å².